The lowest BCUT2D eigenvalue weighted by Crippen LogP contribution is -2.07. The monoisotopic (exact) mass is 763 g/mol. The number of nitrogens with zero attached hydrogens (tertiary/aromatic N) is 5. The van der Waals surface area contributed by atoms with Gasteiger partial charge in [-0.05, 0) is 58.6 Å². The molecular weight excluding hydrogens is 735 g/mol. The summed E-state index contributed by atoms with van der Waals surface area (Å²) in [5.41, 5.74) is 10.1. The highest BCUT2D eigenvalue weighted by molar-refractivity contribution is 6.37. The second-order valence-corrected chi connectivity index (χ2v) is 16.1. The van der Waals surface area contributed by atoms with Crippen molar-refractivity contribution in [2.75, 3.05) is 0 Å². The van der Waals surface area contributed by atoms with Gasteiger partial charge in [0.25, 0.3) is 0 Å². The third-order valence-electron chi connectivity index (χ3n) is 13.2. The summed E-state index contributed by atoms with van der Waals surface area (Å²) < 4.78 is 14.0. The fraction of sp³-hybridized carbons (Fsp3) is 0. The van der Waals surface area contributed by atoms with E-state index in [4.69, 9.17) is 14.4 Å². The maximum atomic E-state index is 6.93. The van der Waals surface area contributed by atoms with Crippen LogP contribution in [-0.4, -0.2) is 23.5 Å². The van der Waals surface area contributed by atoms with Gasteiger partial charge in [0.1, 0.15) is 11.1 Å². The van der Waals surface area contributed by atoms with Crippen molar-refractivity contribution in [3.8, 4) is 11.8 Å². The standard InChI is InChI=1S/C54H29N5O/c1-3-15-32-30(13-1)26-28-43-46(32)35-18-6-11-23-42(35)58(43)54-55-49-37-20-8-12-24-45(37)60-52(49)53(56-54)59-44-29-39-34-17-5-9-21-40(34)57-41-22-10-7-19-36(41)48(51(39)57)47(44)38-27-25-31-14-2-4-16-33(31)50(38)59/h1-29H. The summed E-state index contributed by atoms with van der Waals surface area (Å²) in [6.45, 7) is 0. The largest absolute Gasteiger partial charge is 0.450 e. The molecule has 0 aliphatic heterocycles. The molecule has 0 bridgehead atoms. The highest BCUT2D eigenvalue weighted by atomic mass is 16.3. The number of hydrogen-bond donors (Lipinski definition) is 0. The van der Waals surface area contributed by atoms with E-state index >= 15 is 0 Å². The van der Waals surface area contributed by atoms with Gasteiger partial charge in [0.2, 0.25) is 5.95 Å². The topological polar surface area (TPSA) is 53.2 Å². The average molecular weight is 764 g/mol. The molecule has 276 valence electrons. The van der Waals surface area contributed by atoms with E-state index in [0.29, 0.717) is 17.3 Å². The molecule has 0 unspecified atom stereocenters. The summed E-state index contributed by atoms with van der Waals surface area (Å²) in [7, 11) is 0. The van der Waals surface area contributed by atoms with Gasteiger partial charge in [-0.3, -0.25) is 9.13 Å². The molecule has 0 amide bonds. The molecule has 60 heavy (non-hydrogen) atoms. The molecule has 6 nitrogen and oxygen atoms in total. The highest BCUT2D eigenvalue weighted by Crippen LogP contribution is 2.48. The molecule has 0 saturated carbocycles. The van der Waals surface area contributed by atoms with Crippen LogP contribution in [0.25, 0.3) is 137 Å². The van der Waals surface area contributed by atoms with Gasteiger partial charge in [0.05, 0.1) is 38.6 Å². The van der Waals surface area contributed by atoms with Crippen LogP contribution in [0.4, 0.5) is 0 Å². The average Bonchev–Trinajstić information content (AvgIpc) is 4.10. The first-order chi connectivity index (χ1) is 29.8. The van der Waals surface area contributed by atoms with Crippen molar-refractivity contribution in [3.63, 3.8) is 0 Å². The molecule has 9 aromatic carbocycles. The van der Waals surface area contributed by atoms with Crippen molar-refractivity contribution < 1.29 is 4.42 Å². The number of aromatic nitrogens is 5. The third-order valence-corrected chi connectivity index (χ3v) is 13.2. The first kappa shape index (κ1) is 30.9. The Bertz CT molecular complexity index is 4370. The van der Waals surface area contributed by atoms with Gasteiger partial charge in [-0.15, -0.1) is 0 Å². The van der Waals surface area contributed by atoms with Crippen LogP contribution in [0, 0.1) is 0 Å². The number of fused-ring (bicyclic) bond motifs is 20. The molecule has 15 aromatic rings. The van der Waals surface area contributed by atoms with Crippen LogP contribution < -0.4 is 0 Å². The van der Waals surface area contributed by atoms with Gasteiger partial charge < -0.3 is 8.82 Å². The first-order valence-electron chi connectivity index (χ1n) is 20.4. The summed E-state index contributed by atoms with van der Waals surface area (Å²) in [5, 5.41) is 15.3. The van der Waals surface area contributed by atoms with Gasteiger partial charge in [-0.1, -0.05) is 133 Å². The maximum Gasteiger partial charge on any atom is 0.237 e. The molecule has 0 aliphatic carbocycles. The molecule has 0 spiro atoms. The van der Waals surface area contributed by atoms with E-state index in [1.54, 1.807) is 0 Å². The zero-order valence-corrected chi connectivity index (χ0v) is 31.9. The highest BCUT2D eigenvalue weighted by Gasteiger charge is 2.28. The van der Waals surface area contributed by atoms with E-state index in [-0.39, 0.29) is 0 Å². The summed E-state index contributed by atoms with van der Waals surface area (Å²) in [6, 6.07) is 63.2. The van der Waals surface area contributed by atoms with E-state index in [1.807, 2.05) is 12.1 Å². The van der Waals surface area contributed by atoms with E-state index in [1.165, 1.54) is 65.0 Å². The first-order valence-corrected chi connectivity index (χ1v) is 20.4. The second-order valence-electron chi connectivity index (χ2n) is 16.1. The van der Waals surface area contributed by atoms with Crippen molar-refractivity contribution in [2.24, 2.45) is 0 Å². The minimum absolute atomic E-state index is 0.591. The van der Waals surface area contributed by atoms with Crippen LogP contribution >= 0.6 is 0 Å². The second kappa shape index (κ2) is 10.8. The van der Waals surface area contributed by atoms with Gasteiger partial charge in [-0.25, -0.2) is 4.98 Å². The normalized spacial score (nSPS) is 12.7. The Labute approximate surface area is 339 Å². The van der Waals surface area contributed by atoms with Crippen LogP contribution in [0.1, 0.15) is 0 Å². The van der Waals surface area contributed by atoms with Crippen LogP contribution in [0.2, 0.25) is 0 Å². The Hall–Kier alpha value is -8.22. The molecule has 0 saturated heterocycles. The van der Waals surface area contributed by atoms with Crippen molar-refractivity contribution >= 4 is 125 Å². The van der Waals surface area contributed by atoms with Gasteiger partial charge in [-0.2, -0.15) is 4.98 Å². The fourth-order valence-electron chi connectivity index (χ4n) is 10.8. The quantitative estimate of drug-likeness (QED) is 0.176. The summed E-state index contributed by atoms with van der Waals surface area (Å²) in [6.07, 6.45) is 0. The molecule has 6 aromatic heterocycles. The number of para-hydroxylation sites is 4. The molecule has 15 rings (SSSR count). The summed E-state index contributed by atoms with van der Waals surface area (Å²) in [5.74, 6) is 1.30. The lowest BCUT2D eigenvalue weighted by molar-refractivity contribution is 0.661. The van der Waals surface area contributed by atoms with Crippen LogP contribution in [-0.2, 0) is 0 Å². The van der Waals surface area contributed by atoms with Crippen molar-refractivity contribution in [1.82, 2.24) is 23.5 Å². The molecule has 0 N–H and O–H groups in total. The Balaban J connectivity index is 1.20. The van der Waals surface area contributed by atoms with Crippen molar-refractivity contribution in [1.29, 1.82) is 0 Å². The fourth-order valence-corrected chi connectivity index (χ4v) is 10.8. The maximum absolute atomic E-state index is 6.93. The van der Waals surface area contributed by atoms with E-state index < -0.39 is 0 Å². The summed E-state index contributed by atoms with van der Waals surface area (Å²) in [4.78, 5) is 11.2. The number of furan rings is 1. The van der Waals surface area contributed by atoms with Crippen molar-refractivity contribution in [3.05, 3.63) is 176 Å². The number of rotatable bonds is 2. The molecule has 0 atom stereocenters. The SMILES string of the molecule is c1ccc2c(c1)ccc1c2c2ccccc2n1-c1nc(-n2c3cc4c5ccccc5n5c6ccccc6c(c3c3ccc6ccccc6c32)c45)c2oc3ccccc3c2n1. The predicted molar refractivity (Wildman–Crippen MR) is 248 cm³/mol. The van der Waals surface area contributed by atoms with Gasteiger partial charge >= 0.3 is 0 Å². The molecule has 6 heteroatoms. The van der Waals surface area contributed by atoms with E-state index in [9.17, 15) is 0 Å². The smallest absolute Gasteiger partial charge is 0.237 e. The lowest BCUT2D eigenvalue weighted by Gasteiger charge is -2.13. The van der Waals surface area contributed by atoms with E-state index in [2.05, 4.69) is 177 Å². The van der Waals surface area contributed by atoms with Crippen LogP contribution in [0.5, 0.6) is 0 Å². The minimum Gasteiger partial charge on any atom is -0.450 e. The van der Waals surface area contributed by atoms with Crippen LogP contribution in [0.15, 0.2) is 180 Å². The predicted octanol–water partition coefficient (Wildman–Crippen LogP) is 14.0. The Morgan fingerprint density at radius 1 is 0.367 bits per heavy atom. The molecule has 0 aliphatic rings. The van der Waals surface area contributed by atoms with Crippen molar-refractivity contribution in [2.45, 2.75) is 0 Å². The Kier molecular flexibility index (Phi) is 5.57. The Morgan fingerprint density at radius 3 is 1.80 bits per heavy atom. The lowest BCUT2D eigenvalue weighted by atomic mass is 10.0. The number of benzene rings is 9. The Morgan fingerprint density at radius 2 is 0.983 bits per heavy atom. The van der Waals surface area contributed by atoms with E-state index in [0.717, 1.165) is 54.7 Å². The zero-order chi connectivity index (χ0) is 38.8. The molecular formula is C54H29N5O. The molecule has 6 heterocycles. The van der Waals surface area contributed by atoms with Gasteiger partial charge in [0.15, 0.2) is 11.4 Å². The summed E-state index contributed by atoms with van der Waals surface area (Å²) >= 11 is 0. The van der Waals surface area contributed by atoms with Gasteiger partial charge in [0, 0.05) is 53.9 Å². The minimum atomic E-state index is 0.591. The van der Waals surface area contributed by atoms with Crippen LogP contribution in [0.3, 0.4) is 0 Å². The zero-order valence-electron chi connectivity index (χ0n) is 31.9. The molecule has 0 radical (unpaired) electrons. The molecule has 0 fully saturated rings. The third kappa shape index (κ3) is 3.66. The number of hydrogen-bond acceptors (Lipinski definition) is 3.